The lowest BCUT2D eigenvalue weighted by Gasteiger charge is -2.30. The Bertz CT molecular complexity index is 867. The Morgan fingerprint density at radius 3 is 2.33 bits per heavy atom. The SMILES string of the molecule is O=C(c1cc(-c2ccc(Cl)cc2)nn1-c1ccccc1)N1CCC1. The number of hydrogen-bond acceptors (Lipinski definition) is 2. The van der Waals surface area contributed by atoms with Crippen molar-refractivity contribution >= 4 is 17.5 Å². The van der Waals surface area contributed by atoms with E-state index in [-0.39, 0.29) is 5.91 Å². The van der Waals surface area contributed by atoms with Crippen molar-refractivity contribution in [3.8, 4) is 16.9 Å². The van der Waals surface area contributed by atoms with E-state index in [9.17, 15) is 4.79 Å². The summed E-state index contributed by atoms with van der Waals surface area (Å²) >= 11 is 5.96. The summed E-state index contributed by atoms with van der Waals surface area (Å²) in [5.74, 6) is 0.0258. The van der Waals surface area contributed by atoms with Crippen LogP contribution in [0.2, 0.25) is 5.02 Å². The molecule has 4 nitrogen and oxygen atoms in total. The lowest BCUT2D eigenvalue weighted by atomic mass is 10.1. The molecule has 120 valence electrons. The van der Waals surface area contributed by atoms with Crippen molar-refractivity contribution in [3.05, 3.63) is 71.4 Å². The molecule has 0 N–H and O–H groups in total. The van der Waals surface area contributed by atoms with Gasteiger partial charge in [0.05, 0.1) is 11.4 Å². The van der Waals surface area contributed by atoms with Crippen LogP contribution in [0.25, 0.3) is 16.9 Å². The predicted octanol–water partition coefficient (Wildman–Crippen LogP) is 4.04. The van der Waals surface area contributed by atoms with E-state index in [1.54, 1.807) is 4.68 Å². The molecule has 4 rings (SSSR count). The molecular formula is C19H16ClN3O. The van der Waals surface area contributed by atoms with E-state index >= 15 is 0 Å². The molecule has 5 heteroatoms. The van der Waals surface area contributed by atoms with Crippen LogP contribution in [-0.4, -0.2) is 33.7 Å². The zero-order chi connectivity index (χ0) is 16.5. The molecule has 1 aromatic heterocycles. The van der Waals surface area contributed by atoms with Gasteiger partial charge >= 0.3 is 0 Å². The van der Waals surface area contributed by atoms with E-state index in [1.165, 1.54) is 0 Å². The topological polar surface area (TPSA) is 38.1 Å². The minimum absolute atomic E-state index is 0.0258. The van der Waals surface area contributed by atoms with Crippen LogP contribution >= 0.6 is 11.6 Å². The second-order valence-electron chi connectivity index (χ2n) is 5.81. The molecule has 0 spiro atoms. The van der Waals surface area contributed by atoms with Crippen molar-refractivity contribution in [2.45, 2.75) is 6.42 Å². The van der Waals surface area contributed by atoms with Crippen LogP contribution in [0.4, 0.5) is 0 Å². The molecule has 0 atom stereocenters. The van der Waals surface area contributed by atoms with Crippen LogP contribution in [0.3, 0.4) is 0 Å². The Hall–Kier alpha value is -2.59. The fraction of sp³-hybridized carbons (Fsp3) is 0.158. The Kier molecular flexibility index (Phi) is 3.82. The summed E-state index contributed by atoms with van der Waals surface area (Å²) in [6, 6.07) is 19.1. The van der Waals surface area contributed by atoms with Gasteiger partial charge in [-0.1, -0.05) is 41.9 Å². The fourth-order valence-corrected chi connectivity index (χ4v) is 2.87. The molecule has 24 heavy (non-hydrogen) atoms. The summed E-state index contributed by atoms with van der Waals surface area (Å²) in [7, 11) is 0. The van der Waals surface area contributed by atoms with Crippen molar-refractivity contribution in [3.63, 3.8) is 0 Å². The monoisotopic (exact) mass is 337 g/mol. The van der Waals surface area contributed by atoms with Gasteiger partial charge in [0.25, 0.3) is 5.91 Å². The van der Waals surface area contributed by atoms with Crippen LogP contribution in [-0.2, 0) is 0 Å². The molecule has 3 aromatic rings. The maximum Gasteiger partial charge on any atom is 0.272 e. The molecule has 1 aliphatic heterocycles. The van der Waals surface area contributed by atoms with E-state index in [0.717, 1.165) is 36.5 Å². The van der Waals surface area contributed by atoms with E-state index in [1.807, 2.05) is 65.6 Å². The first-order valence-corrected chi connectivity index (χ1v) is 8.31. The maximum atomic E-state index is 12.8. The third kappa shape index (κ3) is 2.69. The highest BCUT2D eigenvalue weighted by molar-refractivity contribution is 6.30. The molecule has 0 aliphatic carbocycles. The van der Waals surface area contributed by atoms with Crippen LogP contribution in [0.1, 0.15) is 16.9 Å². The van der Waals surface area contributed by atoms with Crippen LogP contribution in [0.5, 0.6) is 0 Å². The second kappa shape index (κ2) is 6.13. The lowest BCUT2D eigenvalue weighted by molar-refractivity contribution is 0.0642. The van der Waals surface area contributed by atoms with E-state index in [4.69, 9.17) is 11.6 Å². The molecule has 1 fully saturated rings. The van der Waals surface area contributed by atoms with Crippen LogP contribution in [0, 0.1) is 0 Å². The first kappa shape index (κ1) is 15.0. The number of para-hydroxylation sites is 1. The Morgan fingerprint density at radius 2 is 1.71 bits per heavy atom. The Morgan fingerprint density at radius 1 is 1.00 bits per heavy atom. The van der Waals surface area contributed by atoms with Gasteiger partial charge in [-0.15, -0.1) is 0 Å². The lowest BCUT2D eigenvalue weighted by Crippen LogP contribution is -2.42. The van der Waals surface area contributed by atoms with Gasteiger partial charge in [-0.3, -0.25) is 4.79 Å². The fourth-order valence-electron chi connectivity index (χ4n) is 2.74. The van der Waals surface area contributed by atoms with Crippen molar-refractivity contribution in [1.29, 1.82) is 0 Å². The van der Waals surface area contributed by atoms with E-state index < -0.39 is 0 Å². The van der Waals surface area contributed by atoms with Gasteiger partial charge in [0.1, 0.15) is 5.69 Å². The zero-order valence-corrected chi connectivity index (χ0v) is 13.8. The highest BCUT2D eigenvalue weighted by Crippen LogP contribution is 2.25. The van der Waals surface area contributed by atoms with Crippen molar-refractivity contribution in [2.75, 3.05) is 13.1 Å². The summed E-state index contributed by atoms with van der Waals surface area (Å²) in [5, 5.41) is 5.35. The molecule has 0 bridgehead atoms. The molecule has 1 aliphatic rings. The standard InChI is InChI=1S/C19H16ClN3O/c20-15-9-7-14(8-10-15)17-13-18(19(24)22-11-4-12-22)23(21-17)16-5-2-1-3-6-16/h1-3,5-10,13H,4,11-12H2. The largest absolute Gasteiger partial charge is 0.337 e. The summed E-state index contributed by atoms with van der Waals surface area (Å²) in [5.41, 5.74) is 3.17. The number of hydrogen-bond donors (Lipinski definition) is 0. The molecule has 2 aromatic carbocycles. The van der Waals surface area contributed by atoms with Crippen molar-refractivity contribution in [1.82, 2.24) is 14.7 Å². The van der Waals surface area contributed by atoms with Gasteiger partial charge in [-0.05, 0) is 36.8 Å². The number of aromatic nitrogens is 2. The molecule has 1 saturated heterocycles. The van der Waals surface area contributed by atoms with Crippen LogP contribution in [0.15, 0.2) is 60.7 Å². The highest BCUT2D eigenvalue weighted by atomic mass is 35.5. The zero-order valence-electron chi connectivity index (χ0n) is 13.0. The van der Waals surface area contributed by atoms with Crippen molar-refractivity contribution in [2.24, 2.45) is 0 Å². The summed E-state index contributed by atoms with van der Waals surface area (Å²) < 4.78 is 1.73. The number of likely N-dealkylation sites (tertiary alicyclic amines) is 1. The number of amides is 1. The molecule has 0 saturated carbocycles. The number of nitrogens with zero attached hydrogens (tertiary/aromatic N) is 3. The summed E-state index contributed by atoms with van der Waals surface area (Å²) in [6.07, 6.45) is 1.06. The summed E-state index contributed by atoms with van der Waals surface area (Å²) in [6.45, 7) is 1.63. The minimum Gasteiger partial charge on any atom is -0.337 e. The molecule has 1 amide bonds. The minimum atomic E-state index is 0.0258. The van der Waals surface area contributed by atoms with Gasteiger partial charge in [-0.25, -0.2) is 4.68 Å². The number of rotatable bonds is 3. The number of benzene rings is 2. The quantitative estimate of drug-likeness (QED) is 0.723. The third-order valence-electron chi connectivity index (χ3n) is 4.21. The van der Waals surface area contributed by atoms with Gasteiger partial charge in [0.15, 0.2) is 0 Å². The number of carbonyl (C=O) groups is 1. The molecular weight excluding hydrogens is 322 g/mol. The van der Waals surface area contributed by atoms with E-state index in [2.05, 4.69) is 5.10 Å². The number of carbonyl (C=O) groups excluding carboxylic acids is 1. The third-order valence-corrected chi connectivity index (χ3v) is 4.46. The first-order valence-electron chi connectivity index (χ1n) is 7.93. The second-order valence-corrected chi connectivity index (χ2v) is 6.25. The maximum absolute atomic E-state index is 12.8. The van der Waals surface area contributed by atoms with Gasteiger partial charge in [-0.2, -0.15) is 5.10 Å². The normalized spacial score (nSPS) is 13.6. The Balaban J connectivity index is 1.81. The molecule has 0 unspecified atom stereocenters. The first-order chi connectivity index (χ1) is 11.7. The van der Waals surface area contributed by atoms with Crippen LogP contribution < -0.4 is 0 Å². The smallest absolute Gasteiger partial charge is 0.272 e. The Labute approximate surface area is 145 Å². The average Bonchev–Trinajstić information content (AvgIpc) is 3.00. The molecule has 0 radical (unpaired) electrons. The number of halogens is 1. The van der Waals surface area contributed by atoms with E-state index in [0.29, 0.717) is 10.7 Å². The highest BCUT2D eigenvalue weighted by Gasteiger charge is 2.26. The predicted molar refractivity (Wildman–Crippen MR) is 94.5 cm³/mol. The van der Waals surface area contributed by atoms with Crippen molar-refractivity contribution < 1.29 is 4.79 Å². The molecule has 2 heterocycles. The van der Waals surface area contributed by atoms with Gasteiger partial charge in [0.2, 0.25) is 0 Å². The van der Waals surface area contributed by atoms with Gasteiger partial charge < -0.3 is 4.90 Å². The summed E-state index contributed by atoms with van der Waals surface area (Å²) in [4.78, 5) is 14.6. The van der Waals surface area contributed by atoms with Gasteiger partial charge in [0, 0.05) is 23.7 Å². The average molecular weight is 338 g/mol.